The third-order valence-electron chi connectivity index (χ3n) is 4.02. The highest BCUT2D eigenvalue weighted by molar-refractivity contribution is 14.2. The molecule has 0 aliphatic rings. The summed E-state index contributed by atoms with van der Waals surface area (Å²) in [6, 6.07) is 13.2. The van der Waals surface area contributed by atoms with E-state index in [0.717, 1.165) is 0 Å². The Morgan fingerprint density at radius 1 is 1.03 bits per heavy atom. The Morgan fingerprint density at radius 3 is 1.93 bits per heavy atom. The highest BCUT2D eigenvalue weighted by atomic mass is 127. The number of ketones is 1. The number of Topliss-reactive ketones (excluding diaryl/α,β-unsaturated/α-hetero) is 1. The van der Waals surface area contributed by atoms with Crippen LogP contribution in [0.3, 0.4) is 0 Å². The van der Waals surface area contributed by atoms with Crippen molar-refractivity contribution in [3.05, 3.63) is 54.1 Å². The summed E-state index contributed by atoms with van der Waals surface area (Å²) in [4.78, 5) is 25.4. The van der Waals surface area contributed by atoms with Crippen LogP contribution in [0.5, 0.6) is 17.2 Å². The first-order valence-corrected chi connectivity index (χ1v) is 13.8. The second-order valence-electron chi connectivity index (χ2n) is 5.89. The Labute approximate surface area is 225 Å². The predicted octanol–water partition coefficient (Wildman–Crippen LogP) is 5.91. The van der Waals surface area contributed by atoms with E-state index in [1.807, 2.05) is 97.6 Å². The lowest BCUT2D eigenvalue weighted by atomic mass is 9.88. The number of phenolic OH excluding ortho intramolecular Hbond substituents is 1. The molecule has 0 bridgehead atoms. The minimum absolute atomic E-state index is 0.138. The topological polar surface area (TPSA) is 87.1 Å². The molecule has 0 spiro atoms. The molecule has 0 heterocycles. The van der Waals surface area contributed by atoms with E-state index in [-0.39, 0.29) is 11.5 Å². The van der Waals surface area contributed by atoms with Gasteiger partial charge in [0.1, 0.15) is 20.7 Å². The number of alkyl halides is 2. The molecule has 0 fully saturated rings. The number of carbonyl (C=O) groups is 2. The Hall–Kier alpha value is 0.490. The molecule has 3 atom stereocenters. The van der Waals surface area contributed by atoms with Crippen LogP contribution in [0.25, 0.3) is 0 Å². The molecule has 0 aliphatic heterocycles. The lowest BCUT2D eigenvalue weighted by Gasteiger charge is -2.41. The lowest BCUT2D eigenvalue weighted by molar-refractivity contribution is -0.143. The minimum Gasteiger partial charge on any atom is -0.508 e. The second kappa shape index (κ2) is 10.9. The molecule has 2 aromatic carbocycles. The van der Waals surface area contributed by atoms with Crippen LogP contribution in [-0.2, 0) is 13.0 Å². The fourth-order valence-electron chi connectivity index (χ4n) is 2.56. The average Bonchev–Trinajstić information content (AvgIpc) is 2.68. The smallest absolute Gasteiger partial charge is 0.338 e. The number of halogens is 4. The summed E-state index contributed by atoms with van der Waals surface area (Å²) in [6.07, 6.45) is 0.299. The van der Waals surface area contributed by atoms with Gasteiger partial charge in [0.2, 0.25) is 3.55 Å². The van der Waals surface area contributed by atoms with Crippen molar-refractivity contribution in [3.63, 3.8) is 0 Å². The van der Waals surface area contributed by atoms with E-state index in [9.17, 15) is 19.8 Å². The lowest BCUT2D eigenvalue weighted by Crippen LogP contribution is -2.58. The van der Waals surface area contributed by atoms with Gasteiger partial charge in [-0.05, 0) is 71.2 Å². The number of aliphatic carboxylic acids is 1. The maximum absolute atomic E-state index is 13.2. The molecule has 2 unspecified atom stereocenters. The summed E-state index contributed by atoms with van der Waals surface area (Å²) in [5.74, 6) is 0.0127. The number of benzene rings is 2. The first kappa shape index (κ1) is 25.7. The Balaban J connectivity index is 2.47. The Bertz CT molecular complexity index is 881. The van der Waals surface area contributed by atoms with Gasteiger partial charge in [0.25, 0.3) is 0 Å². The number of hydrogen-bond donors (Lipinski definition) is 2. The van der Waals surface area contributed by atoms with Crippen molar-refractivity contribution in [1.82, 2.24) is 1.33 Å². The molecule has 29 heavy (non-hydrogen) atoms. The van der Waals surface area contributed by atoms with Gasteiger partial charge in [0.05, 0.1) is 0 Å². The zero-order valence-electron chi connectivity index (χ0n) is 14.9. The van der Waals surface area contributed by atoms with Gasteiger partial charge in [-0.25, -0.2) is 4.79 Å². The normalized spacial score (nSPS) is 15.8. The van der Waals surface area contributed by atoms with E-state index in [2.05, 4.69) is 0 Å². The monoisotopic (exact) mass is 865 g/mol. The van der Waals surface area contributed by atoms with Crippen molar-refractivity contribution in [3.8, 4) is 17.2 Å². The van der Waals surface area contributed by atoms with Crippen molar-refractivity contribution in [2.75, 3.05) is 12.8 Å². The molecule has 6 nitrogen and oxygen atoms in total. The van der Waals surface area contributed by atoms with Gasteiger partial charge in [-0.1, -0.05) is 34.7 Å². The van der Waals surface area contributed by atoms with Gasteiger partial charge in [0.15, 0.2) is 5.78 Å². The number of carboxylic acid groups (broad SMARTS) is 1. The first-order valence-electron chi connectivity index (χ1n) is 8.05. The van der Waals surface area contributed by atoms with E-state index in [0.29, 0.717) is 31.8 Å². The van der Waals surface area contributed by atoms with Crippen LogP contribution in [-0.4, -0.2) is 39.7 Å². The van der Waals surface area contributed by atoms with Crippen LogP contribution in [0.4, 0.5) is 0 Å². The molecular weight excluding hydrogens is 849 g/mol. The van der Waals surface area contributed by atoms with Gasteiger partial charge >= 0.3 is 5.97 Å². The molecule has 156 valence electrons. The molecule has 11 heteroatoms. The van der Waals surface area contributed by atoms with Crippen LogP contribution in [0, 0.1) is 0 Å². The van der Waals surface area contributed by atoms with Gasteiger partial charge < -0.3 is 14.9 Å². The number of hydrogen-bond acceptors (Lipinski definition) is 5. The molecule has 0 aliphatic carbocycles. The van der Waals surface area contributed by atoms with Gasteiger partial charge in [-0.2, -0.15) is 1.33 Å². The third-order valence-corrected chi connectivity index (χ3v) is 12.8. The van der Waals surface area contributed by atoms with Crippen LogP contribution < -0.4 is 4.74 Å². The van der Waals surface area contributed by atoms with Gasteiger partial charge in [0, 0.05) is 51.9 Å². The highest BCUT2D eigenvalue weighted by Gasteiger charge is 2.62. The van der Waals surface area contributed by atoms with Gasteiger partial charge in [-0.15, -0.1) is 8.58 Å². The Morgan fingerprint density at radius 2 is 1.52 bits per heavy atom. The van der Waals surface area contributed by atoms with Crippen molar-refractivity contribution in [2.24, 2.45) is 0 Å². The summed E-state index contributed by atoms with van der Waals surface area (Å²) < 4.78 is 4.47. The number of ether oxygens (including phenoxy) is 1. The maximum Gasteiger partial charge on any atom is 0.338 e. The van der Waals surface area contributed by atoms with Crippen LogP contribution in [0.1, 0.15) is 5.56 Å². The van der Waals surface area contributed by atoms with Crippen LogP contribution >= 0.6 is 99.5 Å². The van der Waals surface area contributed by atoms with Gasteiger partial charge in [-0.3, -0.25) is 4.79 Å². The molecule has 2 aromatic rings. The number of aromatic hydroxyl groups is 1. The number of carboxylic acids is 1. The fraction of sp³-hybridized carbons (Fsp3) is 0.222. The summed E-state index contributed by atoms with van der Waals surface area (Å²) in [6.45, 7) is 1.92. The Kier molecular flexibility index (Phi) is 9.66. The number of carbonyl (C=O) groups excluding carboxylic acids is 1. The molecular formula is C18H16I4NO5P. The minimum atomic E-state index is -1.50. The average molecular weight is 865 g/mol. The quantitative estimate of drug-likeness (QED) is 0.107. The van der Waals surface area contributed by atoms with E-state index >= 15 is 0 Å². The fourth-order valence-corrected chi connectivity index (χ4v) is 7.20. The van der Waals surface area contributed by atoms with Crippen molar-refractivity contribution in [2.45, 2.75) is 6.97 Å². The molecule has 2 N–H and O–H groups in total. The SMILES string of the molecule is CPCC(=O)C(I)(c1ccc(Oc2ccc(O)cc2)cc1)[C@@](I)(C(=O)O)N(I)I. The molecule has 0 saturated carbocycles. The molecule has 0 amide bonds. The standard InChI is InChI=1S/C18H16I4NO5P/c1-29-10-15(25)17(19,18(20,16(26)27)23(21)22)11-2-6-13(7-3-11)28-14-8-4-12(24)5-9-14/h2-9,24,29H,10H2,1H3,(H,26,27)/t17?,18-/m1/s1. The number of phenols is 1. The zero-order valence-corrected chi connectivity index (χ0v) is 24.5. The van der Waals surface area contributed by atoms with Crippen LogP contribution in [0.15, 0.2) is 48.5 Å². The number of rotatable bonds is 9. The summed E-state index contributed by atoms with van der Waals surface area (Å²) in [7, 11) is 0.381. The molecule has 0 saturated heterocycles. The van der Waals surface area contributed by atoms with Crippen LogP contribution in [0.2, 0.25) is 0 Å². The largest absolute Gasteiger partial charge is 0.508 e. The summed E-state index contributed by atoms with van der Waals surface area (Å²) >= 11 is 7.65. The molecule has 0 aromatic heterocycles. The van der Waals surface area contributed by atoms with E-state index in [4.69, 9.17) is 4.74 Å². The van der Waals surface area contributed by atoms with E-state index in [1.165, 1.54) is 13.5 Å². The van der Waals surface area contributed by atoms with Crippen molar-refractivity contribution < 1.29 is 24.5 Å². The molecule has 0 radical (unpaired) electrons. The highest BCUT2D eigenvalue weighted by Crippen LogP contribution is 2.54. The van der Waals surface area contributed by atoms with Crippen molar-refractivity contribution >= 4 is 111 Å². The predicted molar refractivity (Wildman–Crippen MR) is 149 cm³/mol. The second-order valence-corrected chi connectivity index (χ2v) is 13.9. The number of nitrogens with zero attached hydrogens (tertiary/aromatic N) is 1. The molecule has 2 rings (SSSR count). The summed E-state index contributed by atoms with van der Waals surface area (Å²) in [5, 5.41) is 19.4. The zero-order chi connectivity index (χ0) is 21.8. The first-order chi connectivity index (χ1) is 13.6. The van der Waals surface area contributed by atoms with E-state index < -0.39 is 12.9 Å². The van der Waals surface area contributed by atoms with Crippen molar-refractivity contribution in [1.29, 1.82) is 0 Å². The summed E-state index contributed by atoms with van der Waals surface area (Å²) in [5.41, 5.74) is 0.592. The third kappa shape index (κ3) is 5.46. The maximum atomic E-state index is 13.2. The van der Waals surface area contributed by atoms with E-state index in [1.54, 1.807) is 36.4 Å².